The third-order valence-corrected chi connectivity index (χ3v) is 7.95. The second-order valence-electron chi connectivity index (χ2n) is 8.82. The van der Waals surface area contributed by atoms with Gasteiger partial charge in [0, 0.05) is 38.4 Å². The lowest BCUT2D eigenvalue weighted by molar-refractivity contribution is 0.0720. The summed E-state index contributed by atoms with van der Waals surface area (Å²) in [6, 6.07) is 9.22. The molecule has 0 atom stereocenters. The standard InChI is InChI=1S/C25H24ClFN4O6S/c1-28-38(36,37)16-7-5-15(6-8-16)31-21(24(34)29(2)3)17-10-11-30(23(33)20(17)22(32)25(31)35)13-14-4-9-19(27)18(26)12-14/h4-9,12,28,32H,10-11,13H2,1-3H3. The fourth-order valence-corrected chi connectivity index (χ4v) is 5.21. The van der Waals surface area contributed by atoms with E-state index in [1.165, 1.54) is 73.4 Å². The molecule has 200 valence electrons. The van der Waals surface area contributed by atoms with E-state index in [9.17, 15) is 32.3 Å². The van der Waals surface area contributed by atoms with Crippen molar-refractivity contribution >= 4 is 33.4 Å². The van der Waals surface area contributed by atoms with Gasteiger partial charge in [0.15, 0.2) is 5.75 Å². The third kappa shape index (κ3) is 4.77. The number of nitrogens with zero attached hydrogens (tertiary/aromatic N) is 3. The van der Waals surface area contributed by atoms with E-state index < -0.39 is 39.0 Å². The van der Waals surface area contributed by atoms with Crippen LogP contribution < -0.4 is 10.3 Å². The fraction of sp³-hybridized carbons (Fsp3) is 0.240. The molecule has 1 aliphatic heterocycles. The number of fused-ring (bicyclic) bond motifs is 1. The number of carbonyl (C=O) groups excluding carboxylic acids is 2. The zero-order valence-corrected chi connectivity index (χ0v) is 22.2. The SMILES string of the molecule is CNS(=O)(=O)c1ccc(-n2c(C(=O)N(C)C)c3c(c(O)c2=O)C(=O)N(Cc2ccc(F)c(Cl)c2)CC3)cc1. The second kappa shape index (κ2) is 10.2. The minimum Gasteiger partial charge on any atom is -0.502 e. The van der Waals surface area contributed by atoms with Gasteiger partial charge in [-0.25, -0.2) is 17.5 Å². The molecule has 2 amide bonds. The van der Waals surface area contributed by atoms with E-state index in [1.54, 1.807) is 0 Å². The molecule has 0 fully saturated rings. The molecule has 2 N–H and O–H groups in total. The second-order valence-corrected chi connectivity index (χ2v) is 11.1. The van der Waals surface area contributed by atoms with Gasteiger partial charge in [0.25, 0.3) is 17.4 Å². The van der Waals surface area contributed by atoms with Gasteiger partial charge in [-0.3, -0.25) is 19.0 Å². The number of aromatic hydroxyl groups is 1. The Balaban J connectivity index is 1.86. The molecule has 2 heterocycles. The van der Waals surface area contributed by atoms with Crippen LogP contribution in [0.1, 0.15) is 32.0 Å². The molecule has 0 unspecified atom stereocenters. The molecule has 0 saturated carbocycles. The Morgan fingerprint density at radius 1 is 1.16 bits per heavy atom. The van der Waals surface area contributed by atoms with Gasteiger partial charge in [0.05, 0.1) is 15.5 Å². The minimum absolute atomic E-state index is 0.0408. The number of amides is 2. The predicted octanol–water partition coefficient (Wildman–Crippen LogP) is 2.14. The normalized spacial score (nSPS) is 13.4. The molecule has 38 heavy (non-hydrogen) atoms. The van der Waals surface area contributed by atoms with Crippen LogP contribution in [0, 0.1) is 5.82 Å². The Morgan fingerprint density at radius 2 is 1.82 bits per heavy atom. The summed E-state index contributed by atoms with van der Waals surface area (Å²) < 4.78 is 41.0. The highest BCUT2D eigenvalue weighted by Crippen LogP contribution is 2.31. The molecule has 0 aliphatic carbocycles. The molecular weight excluding hydrogens is 539 g/mol. The highest BCUT2D eigenvalue weighted by atomic mass is 35.5. The number of benzene rings is 2. The largest absolute Gasteiger partial charge is 0.502 e. The van der Waals surface area contributed by atoms with Crippen molar-refractivity contribution in [3.05, 3.63) is 86.0 Å². The monoisotopic (exact) mass is 562 g/mol. The first-order valence-electron chi connectivity index (χ1n) is 11.4. The molecule has 0 saturated heterocycles. The first kappa shape index (κ1) is 27.3. The summed E-state index contributed by atoms with van der Waals surface area (Å²) in [6.45, 7) is 0.185. The Morgan fingerprint density at radius 3 is 2.39 bits per heavy atom. The number of sulfonamides is 1. The lowest BCUT2D eigenvalue weighted by atomic mass is 9.95. The van der Waals surface area contributed by atoms with Gasteiger partial charge in [0.2, 0.25) is 10.0 Å². The number of rotatable bonds is 6. The average Bonchev–Trinajstić information content (AvgIpc) is 2.89. The molecular formula is C25H24ClFN4O6S. The summed E-state index contributed by atoms with van der Waals surface area (Å²) in [6.07, 6.45) is 0.130. The molecule has 1 aliphatic rings. The summed E-state index contributed by atoms with van der Waals surface area (Å²) in [5.74, 6) is -2.70. The van der Waals surface area contributed by atoms with Crippen LogP contribution in [0.4, 0.5) is 4.39 Å². The van der Waals surface area contributed by atoms with Crippen molar-refractivity contribution in [3.63, 3.8) is 0 Å². The average molecular weight is 563 g/mol. The zero-order valence-electron chi connectivity index (χ0n) is 20.7. The van der Waals surface area contributed by atoms with E-state index in [1.807, 2.05) is 0 Å². The van der Waals surface area contributed by atoms with Crippen LogP contribution in [0.15, 0.2) is 52.2 Å². The topological polar surface area (TPSA) is 129 Å². The minimum atomic E-state index is -3.76. The van der Waals surface area contributed by atoms with Crippen molar-refractivity contribution in [2.75, 3.05) is 27.7 Å². The Bertz CT molecular complexity index is 1620. The zero-order chi connectivity index (χ0) is 27.9. The summed E-state index contributed by atoms with van der Waals surface area (Å²) >= 11 is 5.86. The molecule has 4 rings (SSSR count). The number of pyridine rings is 1. The van der Waals surface area contributed by atoms with Crippen molar-refractivity contribution in [2.45, 2.75) is 17.9 Å². The first-order valence-corrected chi connectivity index (χ1v) is 13.2. The summed E-state index contributed by atoms with van der Waals surface area (Å²) in [4.78, 5) is 42.7. The molecule has 0 bridgehead atoms. The number of carbonyl (C=O) groups is 2. The fourth-order valence-electron chi connectivity index (χ4n) is 4.28. The van der Waals surface area contributed by atoms with Crippen molar-refractivity contribution in [1.29, 1.82) is 0 Å². The number of nitrogens with one attached hydrogen (secondary N) is 1. The van der Waals surface area contributed by atoms with Crippen molar-refractivity contribution in [1.82, 2.24) is 19.1 Å². The Hall–Kier alpha value is -3.74. The van der Waals surface area contributed by atoms with Crippen LogP contribution in [-0.2, 0) is 23.0 Å². The maximum atomic E-state index is 13.6. The molecule has 1 aromatic heterocycles. The highest BCUT2D eigenvalue weighted by Gasteiger charge is 2.36. The number of halogens is 2. The lowest BCUT2D eigenvalue weighted by Gasteiger charge is -2.31. The quantitative estimate of drug-likeness (QED) is 0.474. The third-order valence-electron chi connectivity index (χ3n) is 6.23. The van der Waals surface area contributed by atoms with E-state index >= 15 is 0 Å². The van der Waals surface area contributed by atoms with E-state index in [0.29, 0.717) is 5.56 Å². The summed E-state index contributed by atoms with van der Waals surface area (Å²) in [7, 11) is 0.463. The molecule has 2 aromatic carbocycles. The van der Waals surface area contributed by atoms with Crippen molar-refractivity contribution in [2.24, 2.45) is 0 Å². The van der Waals surface area contributed by atoms with Gasteiger partial charge in [-0.2, -0.15) is 0 Å². The van der Waals surface area contributed by atoms with Crippen molar-refractivity contribution < 1.29 is 27.5 Å². The maximum Gasteiger partial charge on any atom is 0.298 e. The first-order chi connectivity index (χ1) is 17.9. The smallest absolute Gasteiger partial charge is 0.298 e. The molecule has 0 spiro atoms. The van der Waals surface area contributed by atoms with Gasteiger partial charge in [-0.15, -0.1) is 0 Å². The summed E-state index contributed by atoms with van der Waals surface area (Å²) in [5, 5.41) is 10.8. The lowest BCUT2D eigenvalue weighted by Crippen LogP contribution is -2.42. The molecule has 3 aromatic rings. The van der Waals surface area contributed by atoms with E-state index in [2.05, 4.69) is 4.72 Å². The van der Waals surface area contributed by atoms with Crippen LogP contribution in [0.2, 0.25) is 5.02 Å². The Kier molecular flexibility index (Phi) is 7.33. The van der Waals surface area contributed by atoms with E-state index in [0.717, 1.165) is 4.57 Å². The van der Waals surface area contributed by atoms with Crippen LogP contribution in [-0.4, -0.2) is 67.4 Å². The van der Waals surface area contributed by atoms with Gasteiger partial charge < -0.3 is 14.9 Å². The number of aromatic nitrogens is 1. The van der Waals surface area contributed by atoms with Crippen LogP contribution in [0.25, 0.3) is 5.69 Å². The van der Waals surface area contributed by atoms with Gasteiger partial charge in [0.1, 0.15) is 11.5 Å². The molecule has 13 heteroatoms. The number of hydrogen-bond acceptors (Lipinski definition) is 6. The van der Waals surface area contributed by atoms with Gasteiger partial charge >= 0.3 is 0 Å². The predicted molar refractivity (Wildman–Crippen MR) is 138 cm³/mol. The Labute approximate surface area is 222 Å². The maximum absolute atomic E-state index is 13.6. The van der Waals surface area contributed by atoms with Crippen LogP contribution in [0.5, 0.6) is 5.75 Å². The van der Waals surface area contributed by atoms with Crippen LogP contribution in [0.3, 0.4) is 0 Å². The summed E-state index contributed by atoms with van der Waals surface area (Å²) in [5.41, 5.74) is -0.559. The van der Waals surface area contributed by atoms with E-state index in [-0.39, 0.29) is 51.9 Å². The highest BCUT2D eigenvalue weighted by molar-refractivity contribution is 7.89. The molecule has 0 radical (unpaired) electrons. The molecule has 10 nitrogen and oxygen atoms in total. The van der Waals surface area contributed by atoms with Crippen molar-refractivity contribution in [3.8, 4) is 11.4 Å². The van der Waals surface area contributed by atoms with E-state index in [4.69, 9.17) is 11.6 Å². The number of hydrogen-bond donors (Lipinski definition) is 2. The van der Waals surface area contributed by atoms with Gasteiger partial charge in [-0.05, 0) is 55.4 Å². The van der Waals surface area contributed by atoms with Crippen LogP contribution >= 0.6 is 11.6 Å². The van der Waals surface area contributed by atoms with Gasteiger partial charge in [-0.1, -0.05) is 17.7 Å².